The minimum Gasteiger partial charge on any atom is -0.550 e. The lowest BCUT2D eigenvalue weighted by Gasteiger charge is -2.28. The van der Waals surface area contributed by atoms with Gasteiger partial charge in [0.2, 0.25) is 5.91 Å². The first-order valence-electron chi connectivity index (χ1n) is 7.50. The van der Waals surface area contributed by atoms with Gasteiger partial charge in [0.05, 0.1) is 0 Å². The molecule has 5 heteroatoms. The van der Waals surface area contributed by atoms with E-state index in [-0.39, 0.29) is 18.7 Å². The van der Waals surface area contributed by atoms with Crippen molar-refractivity contribution in [2.45, 2.75) is 38.5 Å². The average Bonchev–Trinajstić information content (AvgIpc) is 2.48. The summed E-state index contributed by atoms with van der Waals surface area (Å²) in [6.45, 7) is 2.18. The van der Waals surface area contributed by atoms with Gasteiger partial charge in [0.1, 0.15) is 0 Å². The summed E-state index contributed by atoms with van der Waals surface area (Å²) in [4.78, 5) is 24.3. The topological polar surface area (TPSA) is 72.5 Å². The smallest absolute Gasteiger partial charge is 0.224 e. The third-order valence-corrected chi connectivity index (χ3v) is 3.66. The van der Waals surface area contributed by atoms with E-state index in [2.05, 4.69) is 10.2 Å². The number of carboxylic acid groups (broad SMARTS) is 1. The Morgan fingerprint density at radius 3 is 2.33 bits per heavy atom. The van der Waals surface area contributed by atoms with Gasteiger partial charge in [-0.25, -0.2) is 0 Å². The maximum Gasteiger partial charge on any atom is 0.224 e. The van der Waals surface area contributed by atoms with Crippen LogP contribution in [0.2, 0.25) is 0 Å². The second kappa shape index (κ2) is 7.67. The van der Waals surface area contributed by atoms with Gasteiger partial charge in [0.25, 0.3) is 0 Å². The van der Waals surface area contributed by atoms with Gasteiger partial charge in [-0.05, 0) is 56.4 Å². The molecule has 1 aliphatic rings. The van der Waals surface area contributed by atoms with E-state index in [1.54, 1.807) is 0 Å². The minimum absolute atomic E-state index is 0.0820. The maximum atomic E-state index is 11.6. The Labute approximate surface area is 125 Å². The number of nitrogens with zero attached hydrogens (tertiary/aromatic N) is 1. The molecule has 0 atom stereocenters. The van der Waals surface area contributed by atoms with Crippen molar-refractivity contribution in [2.24, 2.45) is 0 Å². The highest BCUT2D eigenvalue weighted by atomic mass is 16.4. The predicted molar refractivity (Wildman–Crippen MR) is 80.0 cm³/mol. The molecule has 1 amide bonds. The Kier molecular flexibility index (Phi) is 5.60. The first-order chi connectivity index (χ1) is 10.1. The van der Waals surface area contributed by atoms with E-state index in [0.717, 1.165) is 18.8 Å². The minimum atomic E-state index is -1.12. The van der Waals surface area contributed by atoms with Crippen LogP contribution in [0.15, 0.2) is 24.3 Å². The summed E-state index contributed by atoms with van der Waals surface area (Å²) in [6.07, 6.45) is 4.19. The molecule has 0 aliphatic carbocycles. The number of rotatable bonds is 6. The standard InChI is InChI=1S/C16H22N2O3/c19-15(5-4-6-16(20)21)17-13-7-9-14(10-8-13)18-11-2-1-3-12-18/h7-10H,1-6,11-12H2,(H,17,19)(H,20,21)/p-1. The number of aliphatic carboxylic acids is 1. The normalized spacial score (nSPS) is 14.8. The fourth-order valence-electron chi connectivity index (χ4n) is 2.52. The molecule has 21 heavy (non-hydrogen) atoms. The molecule has 1 saturated heterocycles. The van der Waals surface area contributed by atoms with E-state index in [0.29, 0.717) is 6.42 Å². The Bertz CT molecular complexity index is 479. The molecule has 0 saturated carbocycles. The SMILES string of the molecule is O=C([O-])CCCC(=O)Nc1ccc(N2CCCCC2)cc1. The molecule has 1 aromatic rings. The first kappa shape index (κ1) is 15.4. The largest absolute Gasteiger partial charge is 0.550 e. The molecule has 0 unspecified atom stereocenters. The van der Waals surface area contributed by atoms with E-state index in [9.17, 15) is 14.7 Å². The van der Waals surface area contributed by atoms with Gasteiger partial charge < -0.3 is 20.1 Å². The first-order valence-corrected chi connectivity index (χ1v) is 7.50. The van der Waals surface area contributed by atoms with Crippen molar-refractivity contribution < 1.29 is 14.7 Å². The van der Waals surface area contributed by atoms with Crippen LogP contribution in [0.4, 0.5) is 11.4 Å². The third kappa shape index (κ3) is 5.10. The van der Waals surface area contributed by atoms with Crippen LogP contribution in [0.1, 0.15) is 38.5 Å². The number of nitrogens with one attached hydrogen (secondary N) is 1. The van der Waals surface area contributed by atoms with Crippen LogP contribution < -0.4 is 15.3 Å². The number of carboxylic acids is 1. The van der Waals surface area contributed by atoms with Gasteiger partial charge in [-0.1, -0.05) is 0 Å². The molecule has 5 nitrogen and oxygen atoms in total. The summed E-state index contributed by atoms with van der Waals surface area (Å²) in [6, 6.07) is 7.81. The Balaban J connectivity index is 1.81. The quantitative estimate of drug-likeness (QED) is 0.862. The van der Waals surface area contributed by atoms with Crippen LogP contribution in [0.5, 0.6) is 0 Å². The molecule has 1 heterocycles. The number of carbonyl (C=O) groups is 2. The highest BCUT2D eigenvalue weighted by Gasteiger charge is 2.10. The number of hydrogen-bond donors (Lipinski definition) is 1. The Morgan fingerprint density at radius 2 is 1.71 bits per heavy atom. The zero-order chi connectivity index (χ0) is 15.1. The van der Waals surface area contributed by atoms with Crippen LogP contribution in [-0.4, -0.2) is 25.0 Å². The second-order valence-electron chi connectivity index (χ2n) is 5.37. The summed E-state index contributed by atoms with van der Waals surface area (Å²) in [7, 11) is 0. The lowest BCUT2D eigenvalue weighted by Crippen LogP contribution is -2.29. The van der Waals surface area contributed by atoms with Crippen molar-refractivity contribution in [3.63, 3.8) is 0 Å². The number of amides is 1. The monoisotopic (exact) mass is 289 g/mol. The predicted octanol–water partition coefficient (Wildman–Crippen LogP) is 1.54. The molecule has 0 bridgehead atoms. The number of hydrogen-bond acceptors (Lipinski definition) is 4. The Hall–Kier alpha value is -2.04. The zero-order valence-electron chi connectivity index (χ0n) is 12.1. The third-order valence-electron chi connectivity index (χ3n) is 3.66. The van der Waals surface area contributed by atoms with E-state index < -0.39 is 5.97 Å². The van der Waals surface area contributed by atoms with Gasteiger partial charge in [0, 0.05) is 36.9 Å². The van der Waals surface area contributed by atoms with Gasteiger partial charge in [-0.3, -0.25) is 4.79 Å². The van der Waals surface area contributed by atoms with Crippen LogP contribution in [0.25, 0.3) is 0 Å². The lowest BCUT2D eigenvalue weighted by molar-refractivity contribution is -0.305. The highest BCUT2D eigenvalue weighted by molar-refractivity contribution is 5.91. The van der Waals surface area contributed by atoms with E-state index in [4.69, 9.17) is 0 Å². The van der Waals surface area contributed by atoms with Crippen LogP contribution >= 0.6 is 0 Å². The Morgan fingerprint density at radius 1 is 1.05 bits per heavy atom. The van der Waals surface area contributed by atoms with Crippen LogP contribution in [0.3, 0.4) is 0 Å². The zero-order valence-corrected chi connectivity index (χ0v) is 12.1. The number of piperidine rings is 1. The average molecular weight is 289 g/mol. The summed E-state index contributed by atoms with van der Waals surface area (Å²) in [5.74, 6) is -1.28. The molecule has 0 aromatic heterocycles. The molecule has 1 aliphatic heterocycles. The number of carbonyl (C=O) groups excluding carboxylic acids is 2. The number of anilines is 2. The molecular weight excluding hydrogens is 268 g/mol. The molecule has 1 aromatic carbocycles. The van der Waals surface area contributed by atoms with E-state index in [1.165, 1.54) is 24.9 Å². The van der Waals surface area contributed by atoms with Crippen molar-refractivity contribution in [2.75, 3.05) is 23.3 Å². The van der Waals surface area contributed by atoms with Gasteiger partial charge in [0.15, 0.2) is 0 Å². The van der Waals surface area contributed by atoms with Crippen molar-refractivity contribution in [3.8, 4) is 0 Å². The lowest BCUT2D eigenvalue weighted by atomic mass is 10.1. The molecule has 0 radical (unpaired) electrons. The molecule has 114 valence electrons. The van der Waals surface area contributed by atoms with Crippen LogP contribution in [0, 0.1) is 0 Å². The van der Waals surface area contributed by atoms with E-state index in [1.807, 2.05) is 24.3 Å². The summed E-state index contributed by atoms with van der Waals surface area (Å²) in [5.41, 5.74) is 1.93. The molecule has 1 N–H and O–H groups in total. The molecule has 0 spiro atoms. The van der Waals surface area contributed by atoms with Gasteiger partial charge >= 0.3 is 0 Å². The summed E-state index contributed by atoms with van der Waals surface area (Å²) < 4.78 is 0. The van der Waals surface area contributed by atoms with Crippen molar-refractivity contribution >= 4 is 23.3 Å². The number of benzene rings is 1. The van der Waals surface area contributed by atoms with Crippen molar-refractivity contribution in [1.29, 1.82) is 0 Å². The highest BCUT2D eigenvalue weighted by Crippen LogP contribution is 2.21. The summed E-state index contributed by atoms with van der Waals surface area (Å²) in [5, 5.41) is 13.1. The second-order valence-corrected chi connectivity index (χ2v) is 5.37. The summed E-state index contributed by atoms with van der Waals surface area (Å²) >= 11 is 0. The molecule has 1 fully saturated rings. The van der Waals surface area contributed by atoms with Crippen LogP contribution in [-0.2, 0) is 9.59 Å². The fraction of sp³-hybridized carbons (Fsp3) is 0.500. The van der Waals surface area contributed by atoms with Gasteiger partial charge in [-0.2, -0.15) is 0 Å². The molecule has 2 rings (SSSR count). The fourth-order valence-corrected chi connectivity index (χ4v) is 2.52. The maximum absolute atomic E-state index is 11.6. The molecular formula is C16H21N2O3-. The van der Waals surface area contributed by atoms with Crippen molar-refractivity contribution in [1.82, 2.24) is 0 Å². The van der Waals surface area contributed by atoms with Crippen molar-refractivity contribution in [3.05, 3.63) is 24.3 Å². The van der Waals surface area contributed by atoms with Gasteiger partial charge in [-0.15, -0.1) is 0 Å². The van der Waals surface area contributed by atoms with E-state index >= 15 is 0 Å².